The first kappa shape index (κ1) is 20.7. The Morgan fingerprint density at radius 1 is 1.07 bits per heavy atom. The average molecular weight is 430 g/mol. The second-order valence-corrected chi connectivity index (χ2v) is 6.68. The second kappa shape index (κ2) is 8.16. The summed E-state index contributed by atoms with van der Waals surface area (Å²) in [7, 11) is 0. The maximum absolute atomic E-state index is 12.6. The van der Waals surface area contributed by atoms with Crippen LogP contribution in [0.4, 0.5) is 24.5 Å². The molecule has 7 nitrogen and oxygen atoms in total. The summed E-state index contributed by atoms with van der Waals surface area (Å²) in [5.74, 6) is -0.747. The summed E-state index contributed by atoms with van der Waals surface area (Å²) in [6, 6.07) is 9.09. The lowest BCUT2D eigenvalue weighted by Crippen LogP contribution is -2.48. The monoisotopic (exact) mass is 429 g/mol. The summed E-state index contributed by atoms with van der Waals surface area (Å²) >= 11 is 5.83. The van der Waals surface area contributed by atoms with Crippen molar-refractivity contribution in [1.82, 2.24) is 4.90 Å². The van der Waals surface area contributed by atoms with Gasteiger partial charge in [-0.05, 0) is 36.4 Å². The SMILES string of the molecule is O=C(c1ccc(OC(F)(F)F)cc1)N1CCN(c2ccc(Cl)cc2[N+](=O)[O-])CC1. The van der Waals surface area contributed by atoms with Gasteiger partial charge < -0.3 is 14.5 Å². The van der Waals surface area contributed by atoms with Crippen molar-refractivity contribution in [2.45, 2.75) is 6.36 Å². The summed E-state index contributed by atoms with van der Waals surface area (Å²) in [5.41, 5.74) is 0.531. The standard InChI is InChI=1S/C18H15ClF3N3O4/c19-13-3-6-15(16(11-13)25(27)28)23-7-9-24(10-8-23)17(26)12-1-4-14(5-2-12)29-18(20,21)22/h1-6,11H,7-10H2. The van der Waals surface area contributed by atoms with Crippen LogP contribution in [0.15, 0.2) is 42.5 Å². The fourth-order valence-corrected chi connectivity index (χ4v) is 3.21. The molecule has 2 aromatic rings. The molecule has 1 fully saturated rings. The van der Waals surface area contributed by atoms with Crippen LogP contribution in [0.5, 0.6) is 5.75 Å². The van der Waals surface area contributed by atoms with E-state index in [2.05, 4.69) is 4.74 Å². The Bertz CT molecular complexity index is 914. The highest BCUT2D eigenvalue weighted by Crippen LogP contribution is 2.32. The maximum Gasteiger partial charge on any atom is 0.573 e. The van der Waals surface area contributed by atoms with Gasteiger partial charge in [-0.1, -0.05) is 11.6 Å². The van der Waals surface area contributed by atoms with Gasteiger partial charge in [0.15, 0.2) is 0 Å². The number of nitrogens with zero attached hydrogens (tertiary/aromatic N) is 3. The van der Waals surface area contributed by atoms with Crippen LogP contribution >= 0.6 is 11.6 Å². The highest BCUT2D eigenvalue weighted by molar-refractivity contribution is 6.30. The Morgan fingerprint density at radius 2 is 1.69 bits per heavy atom. The van der Waals surface area contributed by atoms with Crippen LogP contribution in [0.1, 0.15) is 10.4 Å². The molecule has 1 aliphatic rings. The Kier molecular flexibility index (Phi) is 5.83. The third-order valence-corrected chi connectivity index (χ3v) is 4.61. The number of ether oxygens (including phenoxy) is 1. The molecule has 0 aliphatic carbocycles. The molecule has 11 heteroatoms. The molecule has 3 rings (SSSR count). The molecule has 0 unspecified atom stereocenters. The minimum Gasteiger partial charge on any atom is -0.406 e. The first-order valence-electron chi connectivity index (χ1n) is 8.48. The molecule has 0 saturated carbocycles. The Hall–Kier alpha value is -3.01. The van der Waals surface area contributed by atoms with E-state index in [-0.39, 0.29) is 22.2 Å². The van der Waals surface area contributed by atoms with E-state index in [1.54, 1.807) is 17.0 Å². The lowest BCUT2D eigenvalue weighted by molar-refractivity contribution is -0.384. The molecular formula is C18H15ClF3N3O4. The van der Waals surface area contributed by atoms with Crippen LogP contribution in [0.3, 0.4) is 0 Å². The highest BCUT2D eigenvalue weighted by Gasteiger charge is 2.31. The van der Waals surface area contributed by atoms with E-state index in [0.29, 0.717) is 31.9 Å². The van der Waals surface area contributed by atoms with Gasteiger partial charge in [0.2, 0.25) is 0 Å². The van der Waals surface area contributed by atoms with Crippen molar-refractivity contribution in [3.63, 3.8) is 0 Å². The highest BCUT2D eigenvalue weighted by atomic mass is 35.5. The zero-order chi connectivity index (χ0) is 21.2. The topological polar surface area (TPSA) is 75.9 Å². The molecule has 154 valence electrons. The van der Waals surface area contributed by atoms with E-state index in [0.717, 1.165) is 12.1 Å². The van der Waals surface area contributed by atoms with E-state index >= 15 is 0 Å². The average Bonchev–Trinajstić information content (AvgIpc) is 2.67. The van der Waals surface area contributed by atoms with Gasteiger partial charge in [0.25, 0.3) is 11.6 Å². The molecule has 2 aromatic carbocycles. The van der Waals surface area contributed by atoms with Gasteiger partial charge >= 0.3 is 6.36 Å². The third-order valence-electron chi connectivity index (χ3n) is 4.38. The Labute approximate surface area is 168 Å². The summed E-state index contributed by atoms with van der Waals surface area (Å²) < 4.78 is 40.4. The van der Waals surface area contributed by atoms with Gasteiger partial charge in [-0.2, -0.15) is 0 Å². The minimum atomic E-state index is -4.80. The first-order valence-corrected chi connectivity index (χ1v) is 8.86. The maximum atomic E-state index is 12.6. The van der Waals surface area contributed by atoms with Crippen molar-refractivity contribution in [1.29, 1.82) is 0 Å². The molecule has 1 heterocycles. The molecule has 1 aliphatic heterocycles. The number of carbonyl (C=O) groups is 1. The number of hydrogen-bond donors (Lipinski definition) is 0. The number of halogens is 4. The number of rotatable bonds is 4. The summed E-state index contributed by atoms with van der Waals surface area (Å²) in [6.45, 7) is 1.34. The first-order chi connectivity index (χ1) is 13.6. The van der Waals surface area contributed by atoms with Crippen LogP contribution in [-0.2, 0) is 0 Å². The Balaban J connectivity index is 1.65. The number of amides is 1. The fraction of sp³-hybridized carbons (Fsp3) is 0.278. The molecule has 0 spiro atoms. The van der Waals surface area contributed by atoms with Gasteiger partial charge in [-0.25, -0.2) is 0 Å². The van der Waals surface area contributed by atoms with Crippen LogP contribution in [0.2, 0.25) is 5.02 Å². The number of alkyl halides is 3. The van der Waals surface area contributed by atoms with Crippen LogP contribution in [0, 0.1) is 10.1 Å². The number of nitro groups is 1. The van der Waals surface area contributed by atoms with E-state index in [1.807, 2.05) is 0 Å². The van der Waals surface area contributed by atoms with Gasteiger partial charge in [0.05, 0.1) is 4.92 Å². The van der Waals surface area contributed by atoms with Crippen LogP contribution in [-0.4, -0.2) is 48.3 Å². The fourth-order valence-electron chi connectivity index (χ4n) is 3.04. The molecule has 1 amide bonds. The third kappa shape index (κ3) is 5.08. The lowest BCUT2D eigenvalue weighted by atomic mass is 10.1. The number of carbonyl (C=O) groups excluding carboxylic acids is 1. The van der Waals surface area contributed by atoms with Gasteiger partial charge in [-0.15, -0.1) is 13.2 Å². The summed E-state index contributed by atoms with van der Waals surface area (Å²) in [6.07, 6.45) is -4.80. The Morgan fingerprint density at radius 3 is 2.24 bits per heavy atom. The minimum absolute atomic E-state index is 0.113. The quantitative estimate of drug-likeness (QED) is 0.540. The lowest BCUT2D eigenvalue weighted by Gasteiger charge is -2.35. The molecule has 0 N–H and O–H groups in total. The van der Waals surface area contributed by atoms with Gasteiger partial charge in [-0.3, -0.25) is 14.9 Å². The molecular weight excluding hydrogens is 415 g/mol. The smallest absolute Gasteiger partial charge is 0.406 e. The van der Waals surface area contributed by atoms with E-state index in [9.17, 15) is 28.1 Å². The van der Waals surface area contributed by atoms with Gasteiger partial charge in [0.1, 0.15) is 11.4 Å². The predicted octanol–water partition coefficient (Wildman–Crippen LogP) is 4.11. The van der Waals surface area contributed by atoms with E-state index < -0.39 is 17.0 Å². The molecule has 0 atom stereocenters. The van der Waals surface area contributed by atoms with E-state index in [1.165, 1.54) is 23.1 Å². The van der Waals surface area contributed by atoms with Crippen LogP contribution in [0.25, 0.3) is 0 Å². The zero-order valence-corrected chi connectivity index (χ0v) is 15.6. The molecule has 0 aromatic heterocycles. The van der Waals surface area contributed by atoms with Crippen molar-refractivity contribution in [3.8, 4) is 5.75 Å². The van der Waals surface area contributed by atoms with Crippen molar-refractivity contribution < 1.29 is 27.6 Å². The number of benzene rings is 2. The molecule has 29 heavy (non-hydrogen) atoms. The summed E-state index contributed by atoms with van der Waals surface area (Å²) in [4.78, 5) is 26.7. The van der Waals surface area contributed by atoms with Crippen molar-refractivity contribution in [2.75, 3.05) is 31.1 Å². The van der Waals surface area contributed by atoms with Crippen molar-refractivity contribution in [2.24, 2.45) is 0 Å². The molecule has 0 bridgehead atoms. The summed E-state index contributed by atoms with van der Waals surface area (Å²) in [5, 5.41) is 11.5. The normalized spacial score (nSPS) is 14.6. The second-order valence-electron chi connectivity index (χ2n) is 6.24. The zero-order valence-electron chi connectivity index (χ0n) is 14.9. The largest absolute Gasteiger partial charge is 0.573 e. The number of hydrogen-bond acceptors (Lipinski definition) is 5. The number of nitro benzene ring substituents is 1. The van der Waals surface area contributed by atoms with Gasteiger partial charge in [0, 0.05) is 42.8 Å². The predicted molar refractivity (Wildman–Crippen MR) is 99.3 cm³/mol. The van der Waals surface area contributed by atoms with Crippen molar-refractivity contribution >= 4 is 28.9 Å². The molecule has 0 radical (unpaired) electrons. The van der Waals surface area contributed by atoms with Crippen molar-refractivity contribution in [3.05, 3.63) is 63.2 Å². The van der Waals surface area contributed by atoms with E-state index in [4.69, 9.17) is 11.6 Å². The number of piperazine rings is 1. The van der Waals surface area contributed by atoms with Crippen LogP contribution < -0.4 is 9.64 Å². The molecule has 1 saturated heterocycles. The number of anilines is 1.